The van der Waals surface area contributed by atoms with Gasteiger partial charge in [-0.2, -0.15) is 0 Å². The van der Waals surface area contributed by atoms with Crippen LogP contribution in [0, 0.1) is 5.92 Å². The van der Waals surface area contributed by atoms with Crippen LogP contribution in [0.2, 0.25) is 0 Å². The zero-order chi connectivity index (χ0) is 15.5. The molecular weight excluding hydrogens is 288 g/mol. The molecule has 2 aliphatic heterocycles. The zero-order valence-corrected chi connectivity index (χ0v) is 12.3. The zero-order valence-electron chi connectivity index (χ0n) is 12.3. The number of hydrogen-bond donors (Lipinski definition) is 1. The van der Waals surface area contributed by atoms with E-state index in [4.69, 9.17) is 14.3 Å². The van der Waals surface area contributed by atoms with Crippen LogP contribution >= 0.6 is 0 Å². The maximum absolute atomic E-state index is 12.2. The molecule has 2 amide bonds. The van der Waals surface area contributed by atoms with Gasteiger partial charge in [0.2, 0.25) is 11.8 Å². The van der Waals surface area contributed by atoms with Crippen molar-refractivity contribution in [3.63, 3.8) is 0 Å². The summed E-state index contributed by atoms with van der Waals surface area (Å²) in [7, 11) is 0. The average molecular weight is 306 g/mol. The first-order chi connectivity index (χ1) is 10.7. The van der Waals surface area contributed by atoms with E-state index in [1.165, 1.54) is 0 Å². The van der Waals surface area contributed by atoms with E-state index in [-0.39, 0.29) is 18.2 Å². The van der Waals surface area contributed by atoms with E-state index in [1.54, 1.807) is 30.0 Å². The summed E-state index contributed by atoms with van der Waals surface area (Å²) in [5.74, 6) is 0.530. The number of fused-ring (bicyclic) bond motifs is 1. The van der Waals surface area contributed by atoms with E-state index >= 15 is 0 Å². The molecule has 1 unspecified atom stereocenters. The lowest BCUT2D eigenvalue weighted by Gasteiger charge is -2.22. The number of nitrogens with zero attached hydrogens (tertiary/aromatic N) is 1. The number of carbonyl (C=O) groups is 2. The first-order valence-corrected chi connectivity index (χ1v) is 7.30. The van der Waals surface area contributed by atoms with Crippen LogP contribution in [0.25, 0.3) is 0 Å². The minimum absolute atomic E-state index is 0.0895. The Balaban J connectivity index is 1.72. The van der Waals surface area contributed by atoms with Gasteiger partial charge in [-0.3, -0.25) is 14.4 Å². The number of hydrogen-bond acceptors (Lipinski definition) is 5. The number of benzene rings is 1. The second kappa shape index (κ2) is 6.23. The van der Waals surface area contributed by atoms with Gasteiger partial charge < -0.3 is 14.4 Å². The molecule has 1 aromatic rings. The normalized spacial score (nSPS) is 20.1. The third-order valence-corrected chi connectivity index (χ3v) is 3.65. The van der Waals surface area contributed by atoms with E-state index in [0.29, 0.717) is 43.6 Å². The molecule has 0 radical (unpaired) electrons. The topological polar surface area (TPSA) is 77.1 Å². The third-order valence-electron chi connectivity index (χ3n) is 3.65. The van der Waals surface area contributed by atoms with Gasteiger partial charge in [-0.25, -0.2) is 5.48 Å². The van der Waals surface area contributed by atoms with Crippen LogP contribution in [-0.4, -0.2) is 38.2 Å². The number of nitrogens with one attached hydrogen (secondary N) is 1. The van der Waals surface area contributed by atoms with Gasteiger partial charge in [0.25, 0.3) is 0 Å². The summed E-state index contributed by atoms with van der Waals surface area (Å²) in [6.45, 7) is 3.51. The van der Waals surface area contributed by atoms with Gasteiger partial charge >= 0.3 is 0 Å². The van der Waals surface area contributed by atoms with Crippen molar-refractivity contribution in [3.8, 4) is 11.5 Å². The predicted octanol–water partition coefficient (Wildman–Crippen LogP) is 0.878. The fraction of sp³-hybridized carbons (Fsp3) is 0.467. The van der Waals surface area contributed by atoms with Gasteiger partial charge in [0.1, 0.15) is 13.2 Å². The molecule has 0 saturated carbocycles. The van der Waals surface area contributed by atoms with Crippen LogP contribution in [0.1, 0.15) is 13.3 Å². The first-order valence-electron chi connectivity index (χ1n) is 7.30. The maximum Gasteiger partial charge on any atom is 0.248 e. The monoisotopic (exact) mass is 306 g/mol. The summed E-state index contributed by atoms with van der Waals surface area (Å²) in [5.41, 5.74) is 3.06. The van der Waals surface area contributed by atoms with Crippen molar-refractivity contribution < 1.29 is 23.9 Å². The molecule has 22 heavy (non-hydrogen) atoms. The van der Waals surface area contributed by atoms with Crippen LogP contribution < -0.4 is 19.9 Å². The lowest BCUT2D eigenvalue weighted by molar-refractivity contribution is -0.137. The standard InChI is InChI=1S/C15H18N2O5/c1-2-22-16-15(19)10-7-14(18)17(9-10)11-3-4-12-13(8-11)21-6-5-20-12/h3-4,8,10H,2,5-7,9H2,1H3,(H,16,19). The van der Waals surface area contributed by atoms with E-state index in [9.17, 15) is 9.59 Å². The fourth-order valence-corrected chi connectivity index (χ4v) is 2.56. The first kappa shape index (κ1) is 14.6. The molecule has 1 fully saturated rings. The van der Waals surface area contributed by atoms with Gasteiger partial charge in [0.05, 0.1) is 12.5 Å². The van der Waals surface area contributed by atoms with Crippen molar-refractivity contribution in [2.75, 3.05) is 31.3 Å². The molecule has 0 bridgehead atoms. The number of rotatable bonds is 4. The second-order valence-electron chi connectivity index (χ2n) is 5.13. The summed E-state index contributed by atoms with van der Waals surface area (Å²) in [6, 6.07) is 5.36. The predicted molar refractivity (Wildman–Crippen MR) is 77.7 cm³/mol. The van der Waals surface area contributed by atoms with Crippen LogP contribution in [0.4, 0.5) is 5.69 Å². The van der Waals surface area contributed by atoms with Crippen molar-refractivity contribution in [3.05, 3.63) is 18.2 Å². The molecule has 0 spiro atoms. The molecule has 1 N–H and O–H groups in total. The molecule has 0 aliphatic carbocycles. The summed E-state index contributed by atoms with van der Waals surface area (Å²) >= 11 is 0. The quantitative estimate of drug-likeness (QED) is 0.836. The Labute approximate surface area is 128 Å². The molecule has 3 rings (SSSR count). The highest BCUT2D eigenvalue weighted by atomic mass is 16.6. The van der Waals surface area contributed by atoms with Crippen molar-refractivity contribution >= 4 is 17.5 Å². The summed E-state index contributed by atoms with van der Waals surface area (Å²) in [6.07, 6.45) is 0.174. The Hall–Kier alpha value is -2.28. The van der Waals surface area contributed by atoms with Gasteiger partial charge in [0.15, 0.2) is 11.5 Å². The highest BCUT2D eigenvalue weighted by Gasteiger charge is 2.35. The average Bonchev–Trinajstić information content (AvgIpc) is 2.94. The van der Waals surface area contributed by atoms with Crippen molar-refractivity contribution in [2.45, 2.75) is 13.3 Å². The lowest BCUT2D eigenvalue weighted by Crippen LogP contribution is -2.33. The van der Waals surface area contributed by atoms with Crippen LogP contribution in [0.3, 0.4) is 0 Å². The summed E-state index contributed by atoms with van der Waals surface area (Å²) < 4.78 is 11.0. The number of amides is 2. The van der Waals surface area contributed by atoms with Crippen LogP contribution in [0.15, 0.2) is 18.2 Å². The molecule has 7 heteroatoms. The van der Waals surface area contributed by atoms with Gasteiger partial charge in [-0.1, -0.05) is 0 Å². The molecule has 7 nitrogen and oxygen atoms in total. The maximum atomic E-state index is 12.2. The van der Waals surface area contributed by atoms with E-state index in [2.05, 4.69) is 5.48 Å². The van der Waals surface area contributed by atoms with E-state index in [1.807, 2.05) is 0 Å². The van der Waals surface area contributed by atoms with Crippen LogP contribution in [0.5, 0.6) is 11.5 Å². The molecule has 118 valence electrons. The second-order valence-corrected chi connectivity index (χ2v) is 5.13. The van der Waals surface area contributed by atoms with Crippen molar-refractivity contribution in [2.24, 2.45) is 5.92 Å². The molecule has 1 atom stereocenters. The largest absolute Gasteiger partial charge is 0.486 e. The van der Waals surface area contributed by atoms with Gasteiger partial charge in [-0.05, 0) is 19.1 Å². The van der Waals surface area contributed by atoms with Gasteiger partial charge in [-0.15, -0.1) is 0 Å². The minimum atomic E-state index is -0.410. The highest BCUT2D eigenvalue weighted by molar-refractivity contribution is 6.00. The summed E-state index contributed by atoms with van der Waals surface area (Å²) in [5, 5.41) is 0. The third kappa shape index (κ3) is 2.85. The van der Waals surface area contributed by atoms with Crippen molar-refractivity contribution in [1.82, 2.24) is 5.48 Å². The molecular formula is C15H18N2O5. The smallest absolute Gasteiger partial charge is 0.248 e. The number of hydroxylamine groups is 1. The lowest BCUT2D eigenvalue weighted by atomic mass is 10.1. The Bertz CT molecular complexity index is 589. The summed E-state index contributed by atoms with van der Waals surface area (Å²) in [4.78, 5) is 30.5. The van der Waals surface area contributed by atoms with E-state index < -0.39 is 5.92 Å². The number of ether oxygens (including phenoxy) is 2. The Morgan fingerprint density at radius 1 is 1.36 bits per heavy atom. The molecule has 0 aromatic heterocycles. The Kier molecular flexibility index (Phi) is 4.15. The molecule has 1 aromatic carbocycles. The Morgan fingerprint density at radius 3 is 2.91 bits per heavy atom. The molecule has 2 heterocycles. The minimum Gasteiger partial charge on any atom is -0.486 e. The Morgan fingerprint density at radius 2 is 2.14 bits per heavy atom. The fourth-order valence-electron chi connectivity index (χ4n) is 2.56. The van der Waals surface area contributed by atoms with Gasteiger partial charge in [0, 0.05) is 24.7 Å². The molecule has 2 aliphatic rings. The number of carbonyl (C=O) groups excluding carboxylic acids is 2. The SMILES string of the molecule is CCONC(=O)C1CC(=O)N(c2ccc3c(c2)OCCO3)C1. The molecule has 1 saturated heterocycles. The van der Waals surface area contributed by atoms with E-state index in [0.717, 1.165) is 0 Å². The van der Waals surface area contributed by atoms with Crippen molar-refractivity contribution in [1.29, 1.82) is 0 Å². The highest BCUT2D eigenvalue weighted by Crippen LogP contribution is 2.35. The van der Waals surface area contributed by atoms with Crippen LogP contribution in [-0.2, 0) is 14.4 Å². The number of anilines is 1.